The first-order valence-electron chi connectivity index (χ1n) is 8.00. The van der Waals surface area contributed by atoms with E-state index >= 15 is 0 Å². The van der Waals surface area contributed by atoms with Crippen LogP contribution >= 0.6 is 0 Å². The van der Waals surface area contributed by atoms with E-state index in [-0.39, 0.29) is 5.91 Å². The monoisotopic (exact) mass is 290 g/mol. The van der Waals surface area contributed by atoms with Gasteiger partial charge in [-0.3, -0.25) is 4.79 Å². The quantitative estimate of drug-likeness (QED) is 0.876. The van der Waals surface area contributed by atoms with Crippen molar-refractivity contribution in [2.24, 2.45) is 0 Å². The Morgan fingerprint density at radius 1 is 1.33 bits per heavy atom. The Hall–Kier alpha value is -1.55. The molecule has 1 aliphatic heterocycles. The Morgan fingerprint density at radius 2 is 2.10 bits per heavy atom. The zero-order valence-electron chi connectivity index (χ0n) is 13.1. The van der Waals surface area contributed by atoms with Crippen LogP contribution in [0.4, 0.5) is 0 Å². The molecule has 0 atom stereocenters. The van der Waals surface area contributed by atoms with Crippen molar-refractivity contribution >= 4 is 5.91 Å². The van der Waals surface area contributed by atoms with Crippen molar-refractivity contribution in [3.8, 4) is 5.75 Å². The van der Waals surface area contributed by atoms with Gasteiger partial charge in [-0.15, -0.1) is 0 Å². The normalized spacial score (nSPS) is 15.7. The van der Waals surface area contributed by atoms with Crippen molar-refractivity contribution in [2.45, 2.75) is 39.2 Å². The van der Waals surface area contributed by atoms with E-state index in [1.165, 1.54) is 0 Å². The Labute approximate surface area is 127 Å². The third-order valence-electron chi connectivity index (χ3n) is 3.87. The topological polar surface area (TPSA) is 41.6 Å². The summed E-state index contributed by atoms with van der Waals surface area (Å²) in [5, 5.41) is 3.36. The Balaban J connectivity index is 2.14. The van der Waals surface area contributed by atoms with Crippen LogP contribution in [0.1, 0.15) is 43.5 Å². The number of piperidine rings is 1. The van der Waals surface area contributed by atoms with Crippen LogP contribution in [0.5, 0.6) is 5.75 Å². The lowest BCUT2D eigenvalue weighted by molar-refractivity contribution is 0.0642. The van der Waals surface area contributed by atoms with Crippen LogP contribution in [-0.2, 0) is 0 Å². The SMILES string of the molecule is CCCN(C(=O)c1cccc(OCC)c1)C1CCNCC1. The van der Waals surface area contributed by atoms with Gasteiger partial charge in [-0.1, -0.05) is 13.0 Å². The van der Waals surface area contributed by atoms with Crippen LogP contribution < -0.4 is 10.1 Å². The third-order valence-corrected chi connectivity index (χ3v) is 3.87. The van der Waals surface area contributed by atoms with E-state index in [2.05, 4.69) is 12.2 Å². The van der Waals surface area contributed by atoms with E-state index < -0.39 is 0 Å². The lowest BCUT2D eigenvalue weighted by Gasteiger charge is -2.34. The van der Waals surface area contributed by atoms with E-state index in [9.17, 15) is 4.79 Å². The third kappa shape index (κ3) is 4.21. The molecule has 0 saturated carbocycles. The molecule has 1 heterocycles. The van der Waals surface area contributed by atoms with Crippen LogP contribution in [0.15, 0.2) is 24.3 Å². The van der Waals surface area contributed by atoms with Crippen LogP contribution in [-0.4, -0.2) is 43.1 Å². The van der Waals surface area contributed by atoms with E-state index in [1.54, 1.807) is 0 Å². The number of hydrogen-bond donors (Lipinski definition) is 1. The number of carbonyl (C=O) groups is 1. The summed E-state index contributed by atoms with van der Waals surface area (Å²) < 4.78 is 5.50. The predicted molar refractivity (Wildman–Crippen MR) is 84.8 cm³/mol. The molecular formula is C17H26N2O2. The molecule has 1 aromatic rings. The molecule has 0 unspecified atom stereocenters. The molecule has 0 aliphatic carbocycles. The predicted octanol–water partition coefficient (Wildman–Crippen LogP) is 2.69. The number of benzene rings is 1. The van der Waals surface area contributed by atoms with Crippen LogP contribution in [0.2, 0.25) is 0 Å². The van der Waals surface area contributed by atoms with Crippen molar-refractivity contribution in [1.29, 1.82) is 0 Å². The molecule has 0 bridgehead atoms. The highest BCUT2D eigenvalue weighted by Gasteiger charge is 2.25. The number of amides is 1. The number of nitrogens with one attached hydrogen (secondary N) is 1. The van der Waals surface area contributed by atoms with Crippen molar-refractivity contribution in [1.82, 2.24) is 10.2 Å². The molecule has 1 amide bonds. The minimum atomic E-state index is 0.130. The van der Waals surface area contributed by atoms with Crippen LogP contribution in [0, 0.1) is 0 Å². The Morgan fingerprint density at radius 3 is 2.76 bits per heavy atom. The Kier molecular flexibility index (Phi) is 6.05. The number of ether oxygens (including phenoxy) is 1. The molecule has 1 N–H and O–H groups in total. The van der Waals surface area contributed by atoms with E-state index in [1.807, 2.05) is 36.1 Å². The highest BCUT2D eigenvalue weighted by molar-refractivity contribution is 5.94. The summed E-state index contributed by atoms with van der Waals surface area (Å²) in [6, 6.07) is 7.89. The molecule has 4 heteroatoms. The molecule has 116 valence electrons. The average molecular weight is 290 g/mol. The first kappa shape index (κ1) is 15.8. The molecular weight excluding hydrogens is 264 g/mol. The molecule has 1 aliphatic rings. The molecule has 4 nitrogen and oxygen atoms in total. The fourth-order valence-electron chi connectivity index (χ4n) is 2.86. The fourth-order valence-corrected chi connectivity index (χ4v) is 2.86. The standard InChI is InChI=1S/C17H26N2O2/c1-3-12-19(15-8-10-18-11-9-15)17(20)14-6-5-7-16(13-14)21-4-2/h5-7,13,15,18H,3-4,8-12H2,1-2H3. The van der Waals surface area contributed by atoms with E-state index in [4.69, 9.17) is 4.74 Å². The van der Waals surface area contributed by atoms with Gasteiger partial charge < -0.3 is 15.0 Å². The van der Waals surface area contributed by atoms with Gasteiger partial charge in [0.25, 0.3) is 5.91 Å². The second-order valence-corrected chi connectivity index (χ2v) is 5.44. The number of carbonyl (C=O) groups excluding carboxylic acids is 1. The number of rotatable bonds is 6. The Bertz CT molecular complexity index is 456. The second-order valence-electron chi connectivity index (χ2n) is 5.44. The van der Waals surface area contributed by atoms with Crippen LogP contribution in [0.3, 0.4) is 0 Å². The summed E-state index contributed by atoms with van der Waals surface area (Å²) in [7, 11) is 0. The van der Waals surface area contributed by atoms with E-state index in [0.717, 1.165) is 50.2 Å². The molecule has 2 rings (SSSR count). The zero-order chi connectivity index (χ0) is 15.1. The van der Waals surface area contributed by atoms with Crippen molar-refractivity contribution < 1.29 is 9.53 Å². The van der Waals surface area contributed by atoms with Gasteiger partial charge in [0.1, 0.15) is 5.75 Å². The molecule has 1 saturated heterocycles. The fraction of sp³-hybridized carbons (Fsp3) is 0.588. The van der Waals surface area contributed by atoms with Gasteiger partial charge in [-0.2, -0.15) is 0 Å². The van der Waals surface area contributed by atoms with Crippen molar-refractivity contribution in [2.75, 3.05) is 26.2 Å². The maximum absolute atomic E-state index is 12.8. The molecule has 1 aromatic carbocycles. The van der Waals surface area contributed by atoms with Gasteiger partial charge in [0.05, 0.1) is 6.61 Å². The highest BCUT2D eigenvalue weighted by Crippen LogP contribution is 2.19. The average Bonchev–Trinajstić information content (AvgIpc) is 2.53. The van der Waals surface area contributed by atoms with Crippen molar-refractivity contribution in [3.05, 3.63) is 29.8 Å². The second kappa shape index (κ2) is 8.03. The van der Waals surface area contributed by atoms with E-state index in [0.29, 0.717) is 12.6 Å². The minimum Gasteiger partial charge on any atom is -0.494 e. The van der Waals surface area contributed by atoms with Gasteiger partial charge >= 0.3 is 0 Å². The molecule has 0 radical (unpaired) electrons. The molecule has 0 spiro atoms. The molecule has 0 aromatic heterocycles. The summed E-state index contributed by atoms with van der Waals surface area (Å²) in [5.41, 5.74) is 0.730. The van der Waals surface area contributed by atoms with Gasteiger partial charge in [0.2, 0.25) is 0 Å². The lowest BCUT2D eigenvalue weighted by atomic mass is 10.0. The molecule has 1 fully saturated rings. The summed E-state index contributed by atoms with van der Waals surface area (Å²) in [5.74, 6) is 0.899. The summed E-state index contributed by atoms with van der Waals surface area (Å²) in [4.78, 5) is 14.9. The maximum atomic E-state index is 12.8. The van der Waals surface area contributed by atoms with Gasteiger partial charge in [-0.05, 0) is 57.5 Å². The smallest absolute Gasteiger partial charge is 0.254 e. The number of hydrogen-bond acceptors (Lipinski definition) is 3. The van der Waals surface area contributed by atoms with Gasteiger partial charge in [0, 0.05) is 18.2 Å². The molecule has 21 heavy (non-hydrogen) atoms. The minimum absolute atomic E-state index is 0.130. The van der Waals surface area contributed by atoms with Crippen molar-refractivity contribution in [3.63, 3.8) is 0 Å². The maximum Gasteiger partial charge on any atom is 0.254 e. The zero-order valence-corrected chi connectivity index (χ0v) is 13.1. The number of nitrogens with zero attached hydrogens (tertiary/aromatic N) is 1. The lowest BCUT2D eigenvalue weighted by Crippen LogP contribution is -2.46. The van der Waals surface area contributed by atoms with Gasteiger partial charge in [0.15, 0.2) is 0 Å². The summed E-state index contributed by atoms with van der Waals surface area (Å²) in [6.45, 7) is 7.51. The highest BCUT2D eigenvalue weighted by atomic mass is 16.5. The largest absolute Gasteiger partial charge is 0.494 e. The van der Waals surface area contributed by atoms with Crippen LogP contribution in [0.25, 0.3) is 0 Å². The summed E-state index contributed by atoms with van der Waals surface area (Å²) >= 11 is 0. The first-order valence-corrected chi connectivity index (χ1v) is 8.00. The van der Waals surface area contributed by atoms with Gasteiger partial charge in [-0.25, -0.2) is 0 Å². The first-order chi connectivity index (χ1) is 10.3. The summed E-state index contributed by atoms with van der Waals surface area (Å²) in [6.07, 6.45) is 3.06.